The molecular formula is C20H22F3N5O4S. The molecule has 1 N–H and O–H groups in total. The number of hydrogen-bond acceptors (Lipinski definition) is 7. The third-order valence-corrected chi connectivity index (χ3v) is 6.58. The van der Waals surface area contributed by atoms with E-state index in [9.17, 15) is 26.4 Å². The number of sulfonamides is 1. The molecule has 2 aromatic heterocycles. The first-order chi connectivity index (χ1) is 15.4. The maximum atomic E-state index is 13.5. The largest absolute Gasteiger partial charge is 0.489 e. The van der Waals surface area contributed by atoms with Crippen molar-refractivity contribution in [2.45, 2.75) is 44.2 Å². The van der Waals surface area contributed by atoms with Crippen molar-refractivity contribution < 1.29 is 31.1 Å². The summed E-state index contributed by atoms with van der Waals surface area (Å²) >= 11 is 0. The van der Waals surface area contributed by atoms with Crippen LogP contribution in [0.1, 0.15) is 38.8 Å². The fraction of sp³-hybridized carbons (Fsp3) is 0.500. The van der Waals surface area contributed by atoms with Crippen molar-refractivity contribution in [3.8, 4) is 17.6 Å². The SMILES string of the molecule is CC(C)C(=O)NS(=O)(=O)c1ccc(-n2cc(OCC3CCCC3C#N)c(C(F)(F)F)n2)nc1. The summed E-state index contributed by atoms with van der Waals surface area (Å²) in [5.41, 5.74) is -1.25. The van der Waals surface area contributed by atoms with Gasteiger partial charge in [-0.1, -0.05) is 20.3 Å². The average Bonchev–Trinajstić information content (AvgIpc) is 3.38. The van der Waals surface area contributed by atoms with Gasteiger partial charge in [-0.3, -0.25) is 4.79 Å². The second-order valence-electron chi connectivity index (χ2n) is 8.00. The highest BCUT2D eigenvalue weighted by Gasteiger charge is 2.39. The van der Waals surface area contributed by atoms with Crippen LogP contribution in [0, 0.1) is 29.1 Å². The zero-order valence-corrected chi connectivity index (χ0v) is 18.7. The monoisotopic (exact) mass is 485 g/mol. The van der Waals surface area contributed by atoms with Crippen LogP contribution in [0.4, 0.5) is 13.2 Å². The van der Waals surface area contributed by atoms with Gasteiger partial charge in [0.25, 0.3) is 10.0 Å². The normalized spacial score (nSPS) is 18.8. The van der Waals surface area contributed by atoms with Gasteiger partial charge in [0.05, 0.1) is 24.8 Å². The number of rotatable bonds is 7. The van der Waals surface area contributed by atoms with Gasteiger partial charge in [-0.2, -0.15) is 23.5 Å². The molecule has 3 rings (SSSR count). The number of carbonyl (C=O) groups excluding carboxylic acids is 1. The average molecular weight is 485 g/mol. The Morgan fingerprint density at radius 2 is 2.09 bits per heavy atom. The standard InChI is InChI=1S/C20H22F3N5O4S/c1-12(2)19(29)27-33(30,31)15-6-7-17(25-9-15)28-10-16(18(26-28)20(21,22)23)32-11-14-5-3-4-13(14)8-24/h6-7,9-10,12-14H,3-5,11H2,1-2H3,(H,27,29). The highest BCUT2D eigenvalue weighted by atomic mass is 32.2. The van der Waals surface area contributed by atoms with Crippen molar-refractivity contribution >= 4 is 15.9 Å². The van der Waals surface area contributed by atoms with Crippen LogP contribution < -0.4 is 9.46 Å². The Balaban J connectivity index is 1.83. The predicted octanol–water partition coefficient (Wildman–Crippen LogP) is 3.07. The molecule has 178 valence electrons. The molecule has 2 aromatic rings. The minimum atomic E-state index is -4.80. The molecule has 1 amide bonds. The van der Waals surface area contributed by atoms with Crippen molar-refractivity contribution in [2.24, 2.45) is 17.8 Å². The maximum absolute atomic E-state index is 13.5. The van der Waals surface area contributed by atoms with E-state index in [0.717, 1.165) is 35.6 Å². The van der Waals surface area contributed by atoms with Crippen molar-refractivity contribution in [3.05, 3.63) is 30.2 Å². The minimum Gasteiger partial charge on any atom is -0.489 e. The van der Waals surface area contributed by atoms with Crippen LogP contribution in [-0.4, -0.2) is 35.7 Å². The molecule has 2 unspecified atom stereocenters. The van der Waals surface area contributed by atoms with Gasteiger partial charge >= 0.3 is 6.18 Å². The van der Waals surface area contributed by atoms with Crippen molar-refractivity contribution in [3.63, 3.8) is 0 Å². The Kier molecular flexibility index (Phi) is 6.97. The van der Waals surface area contributed by atoms with Gasteiger partial charge < -0.3 is 4.74 Å². The Morgan fingerprint density at radius 1 is 1.36 bits per heavy atom. The lowest BCUT2D eigenvalue weighted by Crippen LogP contribution is -2.33. The molecule has 33 heavy (non-hydrogen) atoms. The summed E-state index contributed by atoms with van der Waals surface area (Å²) in [6.45, 7) is 3.00. The molecule has 1 saturated carbocycles. The quantitative estimate of drug-likeness (QED) is 0.639. The van der Waals surface area contributed by atoms with Crippen LogP contribution in [0.5, 0.6) is 5.75 Å². The first kappa shape index (κ1) is 24.5. The van der Waals surface area contributed by atoms with Gasteiger partial charge in [0, 0.05) is 18.0 Å². The van der Waals surface area contributed by atoms with E-state index in [-0.39, 0.29) is 29.2 Å². The summed E-state index contributed by atoms with van der Waals surface area (Å²) in [6.07, 6.45) is -0.679. The van der Waals surface area contributed by atoms with Crippen molar-refractivity contribution in [2.75, 3.05) is 6.61 Å². The Bertz CT molecular complexity index is 1150. The van der Waals surface area contributed by atoms with Crippen LogP contribution in [0.25, 0.3) is 5.82 Å². The second-order valence-corrected chi connectivity index (χ2v) is 9.68. The molecule has 0 saturated heterocycles. The van der Waals surface area contributed by atoms with Crippen LogP contribution in [0.2, 0.25) is 0 Å². The number of carbonyl (C=O) groups is 1. The summed E-state index contributed by atoms with van der Waals surface area (Å²) < 4.78 is 73.1. The van der Waals surface area contributed by atoms with Crippen LogP contribution in [-0.2, 0) is 21.0 Å². The zero-order chi connectivity index (χ0) is 24.4. The molecule has 0 bridgehead atoms. The molecule has 0 spiro atoms. The number of halogens is 3. The third kappa shape index (κ3) is 5.62. The number of nitrogens with one attached hydrogen (secondary N) is 1. The predicted molar refractivity (Wildman–Crippen MR) is 108 cm³/mol. The minimum absolute atomic E-state index is 0.0485. The molecule has 2 atom stereocenters. The van der Waals surface area contributed by atoms with Gasteiger partial charge in [0.2, 0.25) is 11.6 Å². The molecule has 13 heteroatoms. The molecular weight excluding hydrogens is 463 g/mol. The van der Waals surface area contributed by atoms with Crippen molar-refractivity contribution in [1.82, 2.24) is 19.5 Å². The maximum Gasteiger partial charge on any atom is 0.438 e. The van der Waals surface area contributed by atoms with Crippen LogP contribution >= 0.6 is 0 Å². The Hall–Kier alpha value is -3.14. The fourth-order valence-corrected chi connectivity index (χ4v) is 4.41. The lowest BCUT2D eigenvalue weighted by Gasteiger charge is -2.14. The van der Waals surface area contributed by atoms with Gasteiger partial charge in [-0.25, -0.2) is 22.8 Å². The summed E-state index contributed by atoms with van der Waals surface area (Å²) in [6, 6.07) is 4.41. The van der Waals surface area contributed by atoms with Gasteiger partial charge in [0.1, 0.15) is 4.90 Å². The number of amides is 1. The number of nitriles is 1. The molecule has 9 nitrogen and oxygen atoms in total. The number of nitrogens with zero attached hydrogens (tertiary/aromatic N) is 4. The molecule has 2 heterocycles. The fourth-order valence-electron chi connectivity index (χ4n) is 3.36. The number of alkyl halides is 3. The van der Waals surface area contributed by atoms with E-state index in [1.807, 2.05) is 4.72 Å². The number of hydrogen-bond donors (Lipinski definition) is 1. The first-order valence-electron chi connectivity index (χ1n) is 10.1. The van der Waals surface area contributed by atoms with E-state index in [1.165, 1.54) is 13.8 Å². The first-order valence-corrected chi connectivity index (χ1v) is 11.6. The molecule has 0 aromatic carbocycles. The third-order valence-electron chi connectivity index (χ3n) is 5.25. The molecule has 0 aliphatic heterocycles. The summed E-state index contributed by atoms with van der Waals surface area (Å²) in [4.78, 5) is 15.2. The zero-order valence-electron chi connectivity index (χ0n) is 17.8. The molecule has 1 aliphatic rings. The Morgan fingerprint density at radius 3 is 2.67 bits per heavy atom. The van der Waals surface area contributed by atoms with Crippen molar-refractivity contribution in [1.29, 1.82) is 5.26 Å². The summed E-state index contributed by atoms with van der Waals surface area (Å²) in [5, 5.41) is 12.7. The van der Waals surface area contributed by atoms with E-state index >= 15 is 0 Å². The van der Waals surface area contributed by atoms with E-state index in [2.05, 4.69) is 16.2 Å². The summed E-state index contributed by atoms with van der Waals surface area (Å²) in [5.74, 6) is -2.29. The Labute approximate surface area is 188 Å². The van der Waals surface area contributed by atoms with Gasteiger partial charge in [-0.15, -0.1) is 0 Å². The summed E-state index contributed by atoms with van der Waals surface area (Å²) in [7, 11) is -4.18. The molecule has 0 radical (unpaired) electrons. The number of aromatic nitrogens is 3. The highest BCUT2D eigenvalue weighted by Crippen LogP contribution is 2.37. The van der Waals surface area contributed by atoms with E-state index in [1.54, 1.807) is 0 Å². The van der Waals surface area contributed by atoms with E-state index < -0.39 is 39.5 Å². The number of ether oxygens (including phenoxy) is 1. The lowest BCUT2D eigenvalue weighted by atomic mass is 9.99. The van der Waals surface area contributed by atoms with E-state index in [4.69, 9.17) is 10.00 Å². The number of pyridine rings is 1. The van der Waals surface area contributed by atoms with Gasteiger partial charge in [0.15, 0.2) is 11.6 Å². The highest BCUT2D eigenvalue weighted by molar-refractivity contribution is 7.90. The smallest absolute Gasteiger partial charge is 0.438 e. The second kappa shape index (κ2) is 9.38. The topological polar surface area (TPSA) is 127 Å². The lowest BCUT2D eigenvalue weighted by molar-refractivity contribution is -0.142. The van der Waals surface area contributed by atoms with Crippen LogP contribution in [0.3, 0.4) is 0 Å². The molecule has 1 fully saturated rings. The molecule has 1 aliphatic carbocycles. The van der Waals surface area contributed by atoms with E-state index in [0.29, 0.717) is 12.8 Å². The van der Waals surface area contributed by atoms with Crippen LogP contribution in [0.15, 0.2) is 29.4 Å². The van der Waals surface area contributed by atoms with Gasteiger partial charge in [-0.05, 0) is 25.0 Å².